The Kier molecular flexibility index (Phi) is 5.62. The number of rotatable bonds is 6. The number of hydrogen-bond donors (Lipinski definition) is 2. The van der Waals surface area contributed by atoms with Crippen molar-refractivity contribution in [3.8, 4) is 0 Å². The second kappa shape index (κ2) is 8.28. The van der Waals surface area contributed by atoms with Crippen LogP contribution in [0.15, 0.2) is 59.9 Å². The lowest BCUT2D eigenvalue weighted by molar-refractivity contribution is 0.103. The van der Waals surface area contributed by atoms with Crippen LogP contribution in [0.5, 0.6) is 0 Å². The highest BCUT2D eigenvalue weighted by Crippen LogP contribution is 2.30. The molecular formula is C23H22FN5O3S. The Hall–Kier alpha value is -3.79. The number of anilines is 2. The number of fused-ring (bicyclic) bond motifs is 1. The van der Waals surface area contributed by atoms with Gasteiger partial charge in [0.05, 0.1) is 15.8 Å². The molecule has 2 heterocycles. The summed E-state index contributed by atoms with van der Waals surface area (Å²) in [5.74, 6) is -0.684. The lowest BCUT2D eigenvalue weighted by Gasteiger charge is -2.11. The van der Waals surface area contributed by atoms with Crippen LogP contribution in [0.3, 0.4) is 0 Å². The first kappa shape index (κ1) is 22.4. The van der Waals surface area contributed by atoms with Gasteiger partial charge in [-0.15, -0.1) is 0 Å². The number of nitrogens with zero attached hydrogens (tertiary/aromatic N) is 3. The van der Waals surface area contributed by atoms with Crippen molar-refractivity contribution >= 4 is 38.3 Å². The predicted octanol–water partition coefficient (Wildman–Crippen LogP) is 4.07. The molecule has 0 fully saturated rings. The molecule has 8 nitrogen and oxygen atoms in total. The van der Waals surface area contributed by atoms with Gasteiger partial charge < -0.3 is 10.3 Å². The molecule has 3 N–H and O–H groups in total. The number of hydrogen-bond acceptors (Lipinski definition) is 6. The van der Waals surface area contributed by atoms with Crippen molar-refractivity contribution in [1.82, 2.24) is 14.5 Å². The fraction of sp³-hybridized carbons (Fsp3) is 0.174. The molecule has 0 radical (unpaired) electrons. The number of aromatic nitrogens is 3. The molecule has 0 bridgehead atoms. The summed E-state index contributed by atoms with van der Waals surface area (Å²) in [5, 5.41) is 0.452. The second-order valence-electron chi connectivity index (χ2n) is 7.92. The number of halogens is 1. The average molecular weight is 468 g/mol. The van der Waals surface area contributed by atoms with Crippen molar-refractivity contribution in [2.24, 2.45) is 0 Å². The Morgan fingerprint density at radius 1 is 1.09 bits per heavy atom. The third-order valence-corrected chi connectivity index (χ3v) is 6.70. The van der Waals surface area contributed by atoms with E-state index in [-0.39, 0.29) is 28.2 Å². The number of nitrogen functional groups attached to an aromatic ring is 1. The van der Waals surface area contributed by atoms with Crippen LogP contribution < -0.4 is 10.5 Å². The molecule has 4 rings (SSSR count). The minimum absolute atomic E-state index is 0.0262. The van der Waals surface area contributed by atoms with Gasteiger partial charge in [-0.05, 0) is 62.7 Å². The van der Waals surface area contributed by atoms with Gasteiger partial charge in [-0.3, -0.25) is 9.52 Å². The summed E-state index contributed by atoms with van der Waals surface area (Å²) < 4.78 is 42.8. The number of benzene rings is 2. The third-order valence-electron chi connectivity index (χ3n) is 5.30. The minimum atomic E-state index is -3.97. The first-order chi connectivity index (χ1) is 15.6. The van der Waals surface area contributed by atoms with E-state index in [1.54, 1.807) is 25.3 Å². The van der Waals surface area contributed by atoms with Crippen molar-refractivity contribution < 1.29 is 17.6 Å². The SMILES string of the molecule is Cc1ccc(NS(=O)(=O)c2ccc(F)cc2)cc1C(=O)c1cn(C(C)C)c2ncnc(N)c12. The monoisotopic (exact) mass is 467 g/mol. The van der Waals surface area contributed by atoms with E-state index in [9.17, 15) is 17.6 Å². The van der Waals surface area contributed by atoms with E-state index in [0.717, 1.165) is 12.1 Å². The summed E-state index contributed by atoms with van der Waals surface area (Å²) in [6, 6.07) is 9.17. The number of carbonyl (C=O) groups excluding carboxylic acids is 1. The Morgan fingerprint density at radius 2 is 1.79 bits per heavy atom. The highest BCUT2D eigenvalue weighted by molar-refractivity contribution is 7.92. The molecule has 0 aliphatic carbocycles. The normalized spacial score (nSPS) is 11.8. The maximum Gasteiger partial charge on any atom is 0.261 e. The molecule has 0 spiro atoms. The van der Waals surface area contributed by atoms with Gasteiger partial charge in [-0.25, -0.2) is 22.8 Å². The van der Waals surface area contributed by atoms with Crippen LogP contribution in [0, 0.1) is 12.7 Å². The molecule has 0 aliphatic rings. The van der Waals surface area contributed by atoms with Gasteiger partial charge in [0, 0.05) is 23.5 Å². The van der Waals surface area contributed by atoms with Crippen LogP contribution in [0.2, 0.25) is 0 Å². The van der Waals surface area contributed by atoms with Gasteiger partial charge in [-0.2, -0.15) is 0 Å². The van der Waals surface area contributed by atoms with E-state index < -0.39 is 15.8 Å². The summed E-state index contributed by atoms with van der Waals surface area (Å²) in [6.45, 7) is 5.68. The lowest BCUT2D eigenvalue weighted by Crippen LogP contribution is -2.14. The molecule has 170 valence electrons. The van der Waals surface area contributed by atoms with E-state index >= 15 is 0 Å². The molecule has 0 amide bonds. The first-order valence-corrected chi connectivity index (χ1v) is 11.6. The minimum Gasteiger partial charge on any atom is -0.383 e. The van der Waals surface area contributed by atoms with E-state index in [2.05, 4.69) is 14.7 Å². The smallest absolute Gasteiger partial charge is 0.261 e. The maximum atomic E-state index is 13.6. The molecule has 4 aromatic rings. The number of nitrogens with two attached hydrogens (primary N) is 1. The standard InChI is InChI=1S/C23H22FN5O3S/c1-13(2)29-11-19(20-22(25)26-12-27-23(20)29)21(30)18-10-16(7-4-14(18)3)28-33(31,32)17-8-5-15(24)6-9-17/h4-13,28H,1-3H3,(H2,25,26,27). The average Bonchev–Trinajstić information content (AvgIpc) is 3.16. The molecule has 2 aromatic heterocycles. The van der Waals surface area contributed by atoms with Crippen molar-refractivity contribution in [3.05, 3.63) is 77.5 Å². The van der Waals surface area contributed by atoms with Gasteiger partial charge in [0.2, 0.25) is 0 Å². The van der Waals surface area contributed by atoms with Crippen LogP contribution in [0.25, 0.3) is 11.0 Å². The van der Waals surface area contributed by atoms with Crippen molar-refractivity contribution in [2.45, 2.75) is 31.7 Å². The predicted molar refractivity (Wildman–Crippen MR) is 124 cm³/mol. The van der Waals surface area contributed by atoms with Crippen LogP contribution in [-0.4, -0.2) is 28.7 Å². The van der Waals surface area contributed by atoms with Gasteiger partial charge >= 0.3 is 0 Å². The highest BCUT2D eigenvalue weighted by Gasteiger charge is 2.23. The molecule has 0 saturated heterocycles. The largest absolute Gasteiger partial charge is 0.383 e. The lowest BCUT2D eigenvalue weighted by atomic mass is 9.98. The Morgan fingerprint density at radius 3 is 2.45 bits per heavy atom. The number of nitrogens with one attached hydrogen (secondary N) is 1. The zero-order chi connectivity index (χ0) is 23.9. The molecule has 0 atom stereocenters. The van der Waals surface area contributed by atoms with Gasteiger partial charge in [0.1, 0.15) is 23.6 Å². The fourth-order valence-electron chi connectivity index (χ4n) is 3.58. The molecule has 10 heteroatoms. The van der Waals surface area contributed by atoms with E-state index in [1.165, 1.54) is 24.5 Å². The van der Waals surface area contributed by atoms with E-state index in [4.69, 9.17) is 5.73 Å². The molecule has 0 saturated carbocycles. The first-order valence-electron chi connectivity index (χ1n) is 10.1. The number of aryl methyl sites for hydroxylation is 1. The maximum absolute atomic E-state index is 13.6. The third kappa shape index (κ3) is 4.17. The Balaban J connectivity index is 1.76. The van der Waals surface area contributed by atoms with E-state index in [1.807, 2.05) is 18.4 Å². The zero-order valence-corrected chi connectivity index (χ0v) is 19.0. The highest BCUT2D eigenvalue weighted by atomic mass is 32.2. The summed E-state index contributed by atoms with van der Waals surface area (Å²) in [7, 11) is -3.97. The molecule has 2 aromatic carbocycles. The van der Waals surface area contributed by atoms with Gasteiger partial charge in [0.15, 0.2) is 5.78 Å². The molecule has 33 heavy (non-hydrogen) atoms. The van der Waals surface area contributed by atoms with Gasteiger partial charge in [0.25, 0.3) is 10.0 Å². The van der Waals surface area contributed by atoms with Gasteiger partial charge in [-0.1, -0.05) is 6.07 Å². The Labute approximate surface area is 190 Å². The fourth-order valence-corrected chi connectivity index (χ4v) is 4.63. The zero-order valence-electron chi connectivity index (χ0n) is 18.2. The van der Waals surface area contributed by atoms with Crippen molar-refractivity contribution in [3.63, 3.8) is 0 Å². The summed E-state index contributed by atoms with van der Waals surface area (Å²) >= 11 is 0. The topological polar surface area (TPSA) is 120 Å². The number of carbonyl (C=O) groups is 1. The summed E-state index contributed by atoms with van der Waals surface area (Å²) in [6.07, 6.45) is 3.04. The molecule has 0 aliphatic heterocycles. The van der Waals surface area contributed by atoms with Crippen molar-refractivity contribution in [2.75, 3.05) is 10.5 Å². The number of ketones is 1. The van der Waals surface area contributed by atoms with Crippen LogP contribution in [0.1, 0.15) is 41.4 Å². The summed E-state index contributed by atoms with van der Waals surface area (Å²) in [4.78, 5) is 21.8. The quantitative estimate of drug-likeness (QED) is 0.413. The van der Waals surface area contributed by atoms with Crippen LogP contribution >= 0.6 is 0 Å². The number of sulfonamides is 1. The van der Waals surface area contributed by atoms with E-state index in [0.29, 0.717) is 27.7 Å². The van der Waals surface area contributed by atoms with Crippen LogP contribution in [0.4, 0.5) is 15.9 Å². The summed E-state index contributed by atoms with van der Waals surface area (Å²) in [5.41, 5.74) is 8.12. The Bertz CT molecular complexity index is 1480. The molecule has 0 unspecified atom stereocenters. The van der Waals surface area contributed by atoms with Crippen LogP contribution in [-0.2, 0) is 10.0 Å². The second-order valence-corrected chi connectivity index (χ2v) is 9.60. The molecular weight excluding hydrogens is 445 g/mol. The van der Waals surface area contributed by atoms with Crippen molar-refractivity contribution in [1.29, 1.82) is 0 Å².